The van der Waals surface area contributed by atoms with Crippen LogP contribution in [0.1, 0.15) is 30.9 Å². The van der Waals surface area contributed by atoms with Gasteiger partial charge in [-0.25, -0.2) is 0 Å². The van der Waals surface area contributed by atoms with Gasteiger partial charge in [0.1, 0.15) is 10.7 Å². The number of rotatable bonds is 5. The van der Waals surface area contributed by atoms with Crippen molar-refractivity contribution in [3.05, 3.63) is 28.0 Å². The summed E-state index contributed by atoms with van der Waals surface area (Å²) in [5.41, 5.74) is 0. The highest BCUT2D eigenvalue weighted by Gasteiger charge is 2.41. The maximum absolute atomic E-state index is 10.5. The highest BCUT2D eigenvalue weighted by Crippen LogP contribution is 2.48. The first kappa shape index (κ1) is 9.84. The van der Waals surface area contributed by atoms with Gasteiger partial charge in [0.05, 0.1) is 6.07 Å². The lowest BCUT2D eigenvalue weighted by Gasteiger charge is -1.99. The Kier molecular flexibility index (Phi) is 2.21. The largest absolute Gasteiger partial charge is 0.433 e. The molecule has 1 heterocycles. The molecule has 2 fully saturated rings. The van der Waals surface area contributed by atoms with Gasteiger partial charge < -0.3 is 9.73 Å². The summed E-state index contributed by atoms with van der Waals surface area (Å²) in [5, 5.41) is 13.9. The van der Waals surface area contributed by atoms with Crippen LogP contribution in [0.2, 0.25) is 0 Å². The molecule has 0 aliphatic heterocycles. The second kappa shape index (κ2) is 3.59. The van der Waals surface area contributed by atoms with E-state index in [0.717, 1.165) is 24.8 Å². The van der Waals surface area contributed by atoms with Crippen molar-refractivity contribution in [2.45, 2.75) is 31.2 Å². The zero-order chi connectivity index (χ0) is 11.1. The minimum Gasteiger partial charge on any atom is -0.406 e. The van der Waals surface area contributed by atoms with Gasteiger partial charge in [-0.15, -0.1) is 0 Å². The zero-order valence-corrected chi connectivity index (χ0v) is 8.89. The molecule has 1 aromatic heterocycles. The lowest BCUT2D eigenvalue weighted by atomic mass is 10.2. The Hall–Kier alpha value is -1.36. The Bertz CT molecular complexity index is 411. The fourth-order valence-corrected chi connectivity index (χ4v) is 2.07. The van der Waals surface area contributed by atoms with Gasteiger partial charge in [0.2, 0.25) is 0 Å². The van der Waals surface area contributed by atoms with Gasteiger partial charge in [-0.3, -0.25) is 10.1 Å². The summed E-state index contributed by atoms with van der Waals surface area (Å²) in [6, 6.07) is 3.91. The molecule has 1 aromatic rings. The third-order valence-corrected chi connectivity index (χ3v) is 3.33. The topological polar surface area (TPSA) is 68.3 Å². The molecule has 2 aliphatic carbocycles. The Balaban J connectivity index is 1.55. The normalized spacial score (nSPS) is 28.0. The maximum Gasteiger partial charge on any atom is 0.433 e. The summed E-state index contributed by atoms with van der Waals surface area (Å²) in [5.74, 6) is 1.62. The molecule has 5 heteroatoms. The van der Waals surface area contributed by atoms with Gasteiger partial charge in [0, 0.05) is 12.0 Å². The van der Waals surface area contributed by atoms with Crippen molar-refractivity contribution in [1.29, 1.82) is 0 Å². The molecule has 16 heavy (non-hydrogen) atoms. The summed E-state index contributed by atoms with van der Waals surface area (Å²) in [7, 11) is 0. The molecule has 0 amide bonds. The van der Waals surface area contributed by atoms with E-state index < -0.39 is 4.92 Å². The van der Waals surface area contributed by atoms with E-state index >= 15 is 0 Å². The quantitative estimate of drug-likeness (QED) is 0.611. The van der Waals surface area contributed by atoms with Crippen LogP contribution in [0, 0.1) is 16.0 Å². The standard InChI is InChI=1S/C11H14N2O3/c14-13(15)11-4-3-10(16-11)9-5-7(9)6-12-8-1-2-8/h3-4,7-9,12H,1-2,5-6H2. The molecule has 2 atom stereocenters. The summed E-state index contributed by atoms with van der Waals surface area (Å²) < 4.78 is 5.19. The van der Waals surface area contributed by atoms with Crippen molar-refractivity contribution < 1.29 is 9.34 Å². The van der Waals surface area contributed by atoms with Gasteiger partial charge in [0.15, 0.2) is 0 Å². The first-order valence-electron chi connectivity index (χ1n) is 5.71. The predicted molar refractivity (Wildman–Crippen MR) is 57.2 cm³/mol. The lowest BCUT2D eigenvalue weighted by molar-refractivity contribution is -0.402. The minimum atomic E-state index is -0.483. The van der Waals surface area contributed by atoms with Crippen molar-refractivity contribution in [3.8, 4) is 0 Å². The van der Waals surface area contributed by atoms with Crippen LogP contribution in [-0.4, -0.2) is 17.5 Å². The van der Waals surface area contributed by atoms with E-state index in [1.807, 2.05) is 0 Å². The summed E-state index contributed by atoms with van der Waals surface area (Å²) in [6.45, 7) is 1.02. The third kappa shape index (κ3) is 1.95. The predicted octanol–water partition coefficient (Wildman–Crippen LogP) is 2.04. The molecule has 5 nitrogen and oxygen atoms in total. The van der Waals surface area contributed by atoms with E-state index in [0.29, 0.717) is 11.8 Å². The van der Waals surface area contributed by atoms with Crippen LogP contribution in [0.5, 0.6) is 0 Å². The second-order valence-corrected chi connectivity index (χ2v) is 4.72. The van der Waals surface area contributed by atoms with E-state index in [2.05, 4.69) is 5.32 Å². The molecule has 1 N–H and O–H groups in total. The first-order chi connectivity index (χ1) is 7.74. The molecule has 0 bridgehead atoms. The Labute approximate surface area is 93.0 Å². The van der Waals surface area contributed by atoms with Crippen LogP contribution in [0.15, 0.2) is 16.5 Å². The van der Waals surface area contributed by atoms with Crippen molar-refractivity contribution in [2.24, 2.45) is 5.92 Å². The van der Waals surface area contributed by atoms with Gasteiger partial charge in [-0.05, 0) is 37.8 Å². The molecule has 2 saturated carbocycles. The smallest absolute Gasteiger partial charge is 0.406 e. The van der Waals surface area contributed by atoms with Gasteiger partial charge in [-0.2, -0.15) is 0 Å². The number of furan rings is 1. The molecule has 2 aliphatic rings. The third-order valence-electron chi connectivity index (χ3n) is 3.33. The first-order valence-corrected chi connectivity index (χ1v) is 5.71. The van der Waals surface area contributed by atoms with E-state index in [1.165, 1.54) is 18.9 Å². The molecule has 2 unspecified atom stereocenters. The monoisotopic (exact) mass is 222 g/mol. The van der Waals surface area contributed by atoms with Gasteiger partial charge in [0.25, 0.3) is 0 Å². The van der Waals surface area contributed by atoms with Gasteiger partial charge in [-0.1, -0.05) is 0 Å². The second-order valence-electron chi connectivity index (χ2n) is 4.72. The van der Waals surface area contributed by atoms with Crippen LogP contribution < -0.4 is 5.32 Å². The van der Waals surface area contributed by atoms with Gasteiger partial charge >= 0.3 is 5.88 Å². The van der Waals surface area contributed by atoms with Crippen molar-refractivity contribution in [2.75, 3.05) is 6.54 Å². The summed E-state index contributed by atoms with van der Waals surface area (Å²) in [4.78, 5) is 9.98. The average Bonchev–Trinajstić information content (AvgIpc) is 3.15. The SMILES string of the molecule is O=[N+]([O-])c1ccc(C2CC2CNC2CC2)o1. The van der Waals surface area contributed by atoms with Crippen molar-refractivity contribution >= 4 is 5.88 Å². The molecule has 0 saturated heterocycles. The van der Waals surface area contributed by atoms with Crippen molar-refractivity contribution in [3.63, 3.8) is 0 Å². The minimum absolute atomic E-state index is 0.143. The number of nitrogens with one attached hydrogen (secondary N) is 1. The molecule has 0 radical (unpaired) electrons. The molecule has 0 spiro atoms. The zero-order valence-electron chi connectivity index (χ0n) is 8.89. The highest BCUT2D eigenvalue weighted by molar-refractivity contribution is 5.24. The van der Waals surface area contributed by atoms with E-state index in [1.54, 1.807) is 6.07 Å². The Morgan fingerprint density at radius 3 is 2.94 bits per heavy atom. The van der Waals surface area contributed by atoms with Crippen LogP contribution in [0.3, 0.4) is 0 Å². The maximum atomic E-state index is 10.5. The highest BCUT2D eigenvalue weighted by atomic mass is 16.6. The van der Waals surface area contributed by atoms with Crippen LogP contribution in [0.25, 0.3) is 0 Å². The van der Waals surface area contributed by atoms with Crippen molar-refractivity contribution in [1.82, 2.24) is 5.32 Å². The lowest BCUT2D eigenvalue weighted by Crippen LogP contribution is -2.19. The fourth-order valence-electron chi connectivity index (χ4n) is 2.07. The fraction of sp³-hybridized carbons (Fsp3) is 0.636. The van der Waals surface area contributed by atoms with Crippen LogP contribution in [0.4, 0.5) is 5.88 Å². The molecular formula is C11H14N2O3. The average molecular weight is 222 g/mol. The van der Waals surface area contributed by atoms with Crippen LogP contribution in [-0.2, 0) is 0 Å². The van der Waals surface area contributed by atoms with E-state index in [9.17, 15) is 10.1 Å². The number of nitrogens with zero attached hydrogens (tertiary/aromatic N) is 1. The Morgan fingerprint density at radius 1 is 1.50 bits per heavy atom. The molecule has 86 valence electrons. The number of hydrogen-bond donors (Lipinski definition) is 1. The van der Waals surface area contributed by atoms with Crippen LogP contribution >= 0.6 is 0 Å². The molecule has 3 rings (SSSR count). The summed E-state index contributed by atoms with van der Waals surface area (Å²) in [6.07, 6.45) is 3.68. The van der Waals surface area contributed by atoms with E-state index in [-0.39, 0.29) is 5.88 Å². The molecular weight excluding hydrogens is 208 g/mol. The van der Waals surface area contributed by atoms with E-state index in [4.69, 9.17) is 4.42 Å². The summed E-state index contributed by atoms with van der Waals surface area (Å²) >= 11 is 0. The Morgan fingerprint density at radius 2 is 2.31 bits per heavy atom. The number of hydrogen-bond acceptors (Lipinski definition) is 4. The number of nitro groups is 1. The molecule has 0 aromatic carbocycles.